The first-order valence-electron chi connectivity index (χ1n) is 8.28. The third-order valence-electron chi connectivity index (χ3n) is 4.95. The summed E-state index contributed by atoms with van der Waals surface area (Å²) in [7, 11) is 0. The quantitative estimate of drug-likeness (QED) is 0.354. The van der Waals surface area contributed by atoms with Gasteiger partial charge in [0.15, 0.2) is 0 Å². The van der Waals surface area contributed by atoms with E-state index in [0.29, 0.717) is 11.8 Å². The van der Waals surface area contributed by atoms with E-state index in [2.05, 4.69) is 76.2 Å². The summed E-state index contributed by atoms with van der Waals surface area (Å²) in [5.74, 6) is 1.09. The highest BCUT2D eigenvalue weighted by Gasteiger charge is 2.16. The number of hydrogen-bond donors (Lipinski definition) is 0. The van der Waals surface area contributed by atoms with E-state index in [4.69, 9.17) is 0 Å². The average molecular weight is 286 g/mol. The third-order valence-corrected chi connectivity index (χ3v) is 4.95. The highest BCUT2D eigenvalue weighted by molar-refractivity contribution is 6.24. The van der Waals surface area contributed by atoms with E-state index in [0.717, 1.165) is 0 Å². The van der Waals surface area contributed by atoms with E-state index in [1.54, 1.807) is 0 Å². The maximum Gasteiger partial charge on any atom is -0.00211 e. The summed E-state index contributed by atoms with van der Waals surface area (Å²) >= 11 is 0. The van der Waals surface area contributed by atoms with Crippen molar-refractivity contribution in [3.05, 3.63) is 59.7 Å². The average Bonchev–Trinajstić information content (AvgIpc) is 2.51. The lowest BCUT2D eigenvalue weighted by Gasteiger charge is -2.20. The lowest BCUT2D eigenvalue weighted by molar-refractivity contribution is 0.847. The lowest BCUT2D eigenvalue weighted by Crippen LogP contribution is -1.98. The predicted molar refractivity (Wildman–Crippen MR) is 98.3 cm³/mol. The predicted octanol–water partition coefficient (Wildman–Crippen LogP) is 6.83. The molecule has 0 bridgehead atoms. The second-order valence-electron chi connectivity index (χ2n) is 7.04. The standard InChI is InChI=1S/C22H22/c1-13(2)19-12-20(14(3)4)18-11-9-16-7-5-6-15-8-10-17(19)22(18)21(15)16/h5-14H,1-4H3. The fraction of sp³-hybridized carbons (Fsp3) is 0.273. The van der Waals surface area contributed by atoms with Gasteiger partial charge in [-0.05, 0) is 55.3 Å². The minimum atomic E-state index is 0.544. The van der Waals surface area contributed by atoms with Crippen LogP contribution in [0.25, 0.3) is 32.3 Å². The molecule has 0 aliphatic heterocycles. The first-order valence-corrected chi connectivity index (χ1v) is 8.28. The third kappa shape index (κ3) is 1.76. The van der Waals surface area contributed by atoms with Crippen molar-refractivity contribution in [3.63, 3.8) is 0 Å². The van der Waals surface area contributed by atoms with Crippen molar-refractivity contribution in [1.82, 2.24) is 0 Å². The van der Waals surface area contributed by atoms with E-state index in [9.17, 15) is 0 Å². The van der Waals surface area contributed by atoms with Gasteiger partial charge in [-0.25, -0.2) is 0 Å². The van der Waals surface area contributed by atoms with Crippen molar-refractivity contribution in [2.75, 3.05) is 0 Å². The first-order chi connectivity index (χ1) is 10.6. The molecule has 0 spiro atoms. The van der Waals surface area contributed by atoms with E-state index < -0.39 is 0 Å². The SMILES string of the molecule is CC(C)c1cc(C(C)C)c2ccc3cccc4ccc1c2c43. The normalized spacial score (nSPS) is 12.5. The summed E-state index contributed by atoms with van der Waals surface area (Å²) in [5.41, 5.74) is 2.96. The number of rotatable bonds is 2. The Morgan fingerprint density at radius 2 is 1.09 bits per heavy atom. The molecule has 0 heterocycles. The molecule has 0 aliphatic rings. The summed E-state index contributed by atoms with van der Waals surface area (Å²) < 4.78 is 0. The Morgan fingerprint density at radius 1 is 0.591 bits per heavy atom. The zero-order valence-corrected chi connectivity index (χ0v) is 13.8. The fourth-order valence-corrected chi connectivity index (χ4v) is 3.84. The Kier molecular flexibility index (Phi) is 2.91. The Labute approximate surface area is 132 Å². The van der Waals surface area contributed by atoms with Gasteiger partial charge in [0.2, 0.25) is 0 Å². The first kappa shape index (κ1) is 13.6. The zero-order chi connectivity index (χ0) is 15.4. The summed E-state index contributed by atoms with van der Waals surface area (Å²) in [6, 6.07) is 18.3. The van der Waals surface area contributed by atoms with Crippen LogP contribution in [-0.2, 0) is 0 Å². The molecule has 0 saturated heterocycles. The largest absolute Gasteiger partial charge is 0.0610 e. The zero-order valence-electron chi connectivity index (χ0n) is 13.8. The topological polar surface area (TPSA) is 0 Å². The second-order valence-corrected chi connectivity index (χ2v) is 7.04. The number of benzene rings is 4. The van der Waals surface area contributed by atoms with Gasteiger partial charge in [-0.3, -0.25) is 0 Å². The molecule has 4 rings (SSSR count). The summed E-state index contributed by atoms with van der Waals surface area (Å²) in [5, 5.41) is 8.46. The van der Waals surface area contributed by atoms with Gasteiger partial charge in [-0.15, -0.1) is 0 Å². The van der Waals surface area contributed by atoms with Crippen LogP contribution >= 0.6 is 0 Å². The number of hydrogen-bond acceptors (Lipinski definition) is 0. The monoisotopic (exact) mass is 286 g/mol. The smallest absolute Gasteiger partial charge is 0.00211 e. The molecule has 0 atom stereocenters. The van der Waals surface area contributed by atoms with Gasteiger partial charge < -0.3 is 0 Å². The molecule has 0 aliphatic carbocycles. The van der Waals surface area contributed by atoms with Gasteiger partial charge >= 0.3 is 0 Å². The van der Waals surface area contributed by atoms with Crippen LogP contribution in [0.5, 0.6) is 0 Å². The Morgan fingerprint density at radius 3 is 1.55 bits per heavy atom. The van der Waals surface area contributed by atoms with E-state index in [1.165, 1.54) is 43.4 Å². The van der Waals surface area contributed by atoms with E-state index in [-0.39, 0.29) is 0 Å². The highest BCUT2D eigenvalue weighted by Crippen LogP contribution is 2.41. The van der Waals surface area contributed by atoms with Crippen LogP contribution in [0.2, 0.25) is 0 Å². The molecule has 0 N–H and O–H groups in total. The van der Waals surface area contributed by atoms with Gasteiger partial charge in [-0.2, -0.15) is 0 Å². The van der Waals surface area contributed by atoms with Gasteiger partial charge in [0.05, 0.1) is 0 Å². The highest BCUT2D eigenvalue weighted by atomic mass is 14.2. The Hall–Kier alpha value is -2.08. The summed E-state index contributed by atoms with van der Waals surface area (Å²) in [4.78, 5) is 0. The Bertz CT molecular complexity index is 901. The molecule has 22 heavy (non-hydrogen) atoms. The molecule has 0 nitrogen and oxygen atoms in total. The van der Waals surface area contributed by atoms with Crippen LogP contribution in [0.4, 0.5) is 0 Å². The summed E-state index contributed by atoms with van der Waals surface area (Å²) in [6.45, 7) is 9.21. The second kappa shape index (κ2) is 4.71. The van der Waals surface area contributed by atoms with Gasteiger partial charge in [0, 0.05) is 0 Å². The van der Waals surface area contributed by atoms with Crippen LogP contribution in [0, 0.1) is 0 Å². The fourth-order valence-electron chi connectivity index (χ4n) is 3.84. The molecule has 4 aromatic carbocycles. The molecular weight excluding hydrogens is 264 g/mol. The van der Waals surface area contributed by atoms with Gasteiger partial charge in [-0.1, -0.05) is 76.2 Å². The molecule has 0 heteroatoms. The Balaban J connectivity index is 2.33. The van der Waals surface area contributed by atoms with Crippen molar-refractivity contribution >= 4 is 32.3 Å². The van der Waals surface area contributed by atoms with Crippen LogP contribution < -0.4 is 0 Å². The maximum absolute atomic E-state index is 2.44. The molecular formula is C22H22. The van der Waals surface area contributed by atoms with Crippen molar-refractivity contribution in [2.45, 2.75) is 39.5 Å². The molecule has 0 radical (unpaired) electrons. The molecule has 0 fully saturated rings. The maximum atomic E-state index is 2.44. The van der Waals surface area contributed by atoms with Crippen LogP contribution in [0.3, 0.4) is 0 Å². The van der Waals surface area contributed by atoms with Crippen molar-refractivity contribution in [2.24, 2.45) is 0 Å². The van der Waals surface area contributed by atoms with Crippen LogP contribution in [0.1, 0.15) is 50.7 Å². The molecule has 0 saturated carbocycles. The van der Waals surface area contributed by atoms with Crippen LogP contribution in [-0.4, -0.2) is 0 Å². The van der Waals surface area contributed by atoms with E-state index in [1.807, 2.05) is 0 Å². The minimum absolute atomic E-state index is 0.544. The molecule has 0 aromatic heterocycles. The molecule has 4 aromatic rings. The molecule has 0 amide bonds. The summed E-state index contributed by atoms with van der Waals surface area (Å²) in [6.07, 6.45) is 0. The van der Waals surface area contributed by atoms with E-state index >= 15 is 0 Å². The van der Waals surface area contributed by atoms with Crippen molar-refractivity contribution < 1.29 is 0 Å². The van der Waals surface area contributed by atoms with Gasteiger partial charge in [0.1, 0.15) is 0 Å². The molecule has 110 valence electrons. The minimum Gasteiger partial charge on any atom is -0.0610 e. The molecule has 0 unspecified atom stereocenters. The van der Waals surface area contributed by atoms with Crippen molar-refractivity contribution in [3.8, 4) is 0 Å². The van der Waals surface area contributed by atoms with Gasteiger partial charge in [0.25, 0.3) is 0 Å². The van der Waals surface area contributed by atoms with Crippen LogP contribution in [0.15, 0.2) is 48.5 Å². The van der Waals surface area contributed by atoms with Crippen molar-refractivity contribution in [1.29, 1.82) is 0 Å². The lowest BCUT2D eigenvalue weighted by atomic mass is 9.84.